The molecule has 8 heteroatoms. The van der Waals surface area contributed by atoms with Gasteiger partial charge in [-0.1, -0.05) is 12.1 Å². The number of carbonyl (C=O) groups excluding carboxylic acids is 1. The van der Waals surface area contributed by atoms with Crippen LogP contribution in [-0.2, 0) is 21.2 Å². The first-order valence-electron chi connectivity index (χ1n) is 7.69. The van der Waals surface area contributed by atoms with Crippen LogP contribution in [-0.4, -0.2) is 53.4 Å². The van der Waals surface area contributed by atoms with Gasteiger partial charge in [0.1, 0.15) is 6.54 Å². The summed E-state index contributed by atoms with van der Waals surface area (Å²) in [7, 11) is -1.48. The summed E-state index contributed by atoms with van der Waals surface area (Å²) in [5.74, 6) is -0.210. The maximum Gasteiger partial charge on any atom is 0.261 e. The normalized spacial score (nSPS) is 19.5. The van der Waals surface area contributed by atoms with Crippen molar-refractivity contribution >= 4 is 26.6 Å². The summed E-state index contributed by atoms with van der Waals surface area (Å²) < 4.78 is 24.4. The van der Waals surface area contributed by atoms with Gasteiger partial charge in [0.25, 0.3) is 5.56 Å². The molecule has 0 bridgehead atoms. The van der Waals surface area contributed by atoms with Gasteiger partial charge in [-0.15, -0.1) is 0 Å². The Balaban J connectivity index is 1.83. The molecule has 3 rings (SSSR count). The number of aryl methyl sites for hydroxylation is 1. The standard InChI is InChI=1S/C16H19N3O4S/c1-11-4-3-5-13-15(11)17-10-19(16(13)21)8-14(20)18(2)12-6-7-24(22,23)9-12/h3-5,10,12H,6-9H2,1-2H3. The van der Waals surface area contributed by atoms with E-state index in [1.807, 2.05) is 13.0 Å². The molecule has 1 fully saturated rings. The lowest BCUT2D eigenvalue weighted by Crippen LogP contribution is -2.41. The lowest BCUT2D eigenvalue weighted by Gasteiger charge is -2.23. The van der Waals surface area contributed by atoms with E-state index in [1.54, 1.807) is 19.2 Å². The van der Waals surface area contributed by atoms with E-state index in [4.69, 9.17) is 0 Å². The van der Waals surface area contributed by atoms with Gasteiger partial charge in [-0.3, -0.25) is 14.2 Å². The first-order valence-corrected chi connectivity index (χ1v) is 9.51. The summed E-state index contributed by atoms with van der Waals surface area (Å²) in [4.78, 5) is 30.6. The summed E-state index contributed by atoms with van der Waals surface area (Å²) in [6.45, 7) is 1.72. The topological polar surface area (TPSA) is 89.3 Å². The molecule has 2 aromatic rings. The molecule has 0 saturated carbocycles. The second-order valence-corrected chi connectivity index (χ2v) is 8.44. The van der Waals surface area contributed by atoms with E-state index in [9.17, 15) is 18.0 Å². The van der Waals surface area contributed by atoms with Gasteiger partial charge in [-0.25, -0.2) is 13.4 Å². The highest BCUT2D eigenvalue weighted by Crippen LogP contribution is 2.17. The van der Waals surface area contributed by atoms with Gasteiger partial charge < -0.3 is 4.90 Å². The number of carbonyl (C=O) groups is 1. The lowest BCUT2D eigenvalue weighted by molar-refractivity contribution is -0.132. The van der Waals surface area contributed by atoms with Gasteiger partial charge in [-0.2, -0.15) is 0 Å². The SMILES string of the molecule is Cc1cccc2c(=O)n(CC(=O)N(C)C3CCS(=O)(=O)C3)cnc12. The van der Waals surface area contributed by atoms with Crippen LogP contribution in [0.1, 0.15) is 12.0 Å². The van der Waals surface area contributed by atoms with Crippen LogP contribution in [0.25, 0.3) is 10.9 Å². The van der Waals surface area contributed by atoms with Crippen LogP contribution in [0.4, 0.5) is 0 Å². The van der Waals surface area contributed by atoms with Gasteiger partial charge in [0.05, 0.1) is 28.7 Å². The van der Waals surface area contributed by atoms with Crippen LogP contribution >= 0.6 is 0 Å². The fourth-order valence-electron chi connectivity index (χ4n) is 2.99. The minimum absolute atomic E-state index is 0.0146. The van der Waals surface area contributed by atoms with Crippen LogP contribution < -0.4 is 5.56 Å². The molecule has 2 heterocycles. The van der Waals surface area contributed by atoms with Crippen LogP contribution in [0.15, 0.2) is 29.3 Å². The minimum Gasteiger partial charge on any atom is -0.340 e. The summed E-state index contributed by atoms with van der Waals surface area (Å²) in [6, 6.07) is 5.02. The third-order valence-electron chi connectivity index (χ3n) is 4.51. The largest absolute Gasteiger partial charge is 0.340 e. The van der Waals surface area contributed by atoms with Crippen molar-refractivity contribution in [2.24, 2.45) is 0 Å². The summed E-state index contributed by atoms with van der Waals surface area (Å²) in [5.41, 5.74) is 1.25. The van der Waals surface area contributed by atoms with Crippen molar-refractivity contribution < 1.29 is 13.2 Å². The Morgan fingerprint density at radius 2 is 2.17 bits per heavy atom. The van der Waals surface area contributed by atoms with E-state index < -0.39 is 9.84 Å². The highest BCUT2D eigenvalue weighted by molar-refractivity contribution is 7.91. The van der Waals surface area contributed by atoms with Crippen LogP contribution in [0.5, 0.6) is 0 Å². The van der Waals surface area contributed by atoms with E-state index in [2.05, 4.69) is 4.98 Å². The Labute approximate surface area is 139 Å². The second-order valence-electron chi connectivity index (χ2n) is 6.21. The summed E-state index contributed by atoms with van der Waals surface area (Å²) >= 11 is 0. The van der Waals surface area contributed by atoms with Crippen molar-refractivity contribution in [3.8, 4) is 0 Å². The Kier molecular flexibility index (Phi) is 4.16. The average molecular weight is 349 g/mol. The Morgan fingerprint density at radius 3 is 2.83 bits per heavy atom. The highest BCUT2D eigenvalue weighted by Gasteiger charge is 2.32. The summed E-state index contributed by atoms with van der Waals surface area (Å²) in [5, 5.41) is 0.469. The molecule has 1 aliphatic heterocycles. The quantitative estimate of drug-likeness (QED) is 0.798. The van der Waals surface area contributed by atoms with Crippen molar-refractivity contribution in [3.63, 3.8) is 0 Å². The number of likely N-dealkylation sites (N-methyl/N-ethyl adjacent to an activating group) is 1. The van der Waals surface area contributed by atoms with Crippen LogP contribution in [0.2, 0.25) is 0 Å². The van der Waals surface area contributed by atoms with E-state index in [0.717, 1.165) is 5.56 Å². The number of aromatic nitrogens is 2. The van der Waals surface area contributed by atoms with E-state index >= 15 is 0 Å². The van der Waals surface area contributed by atoms with Crippen molar-refractivity contribution in [2.75, 3.05) is 18.6 Å². The first kappa shape index (κ1) is 16.6. The zero-order valence-corrected chi connectivity index (χ0v) is 14.4. The Morgan fingerprint density at radius 1 is 1.42 bits per heavy atom. The molecule has 0 N–H and O–H groups in total. The van der Waals surface area contributed by atoms with Crippen LogP contribution in [0, 0.1) is 6.92 Å². The molecule has 1 aromatic heterocycles. The fourth-order valence-corrected chi connectivity index (χ4v) is 4.77. The maximum absolute atomic E-state index is 12.5. The number of fused-ring (bicyclic) bond motifs is 1. The number of benzene rings is 1. The smallest absolute Gasteiger partial charge is 0.261 e. The van der Waals surface area contributed by atoms with Crippen molar-refractivity contribution in [3.05, 3.63) is 40.4 Å². The Bertz CT molecular complexity index is 965. The Hall–Kier alpha value is -2.22. The average Bonchev–Trinajstić information content (AvgIpc) is 2.90. The van der Waals surface area contributed by atoms with E-state index in [1.165, 1.54) is 15.8 Å². The van der Waals surface area contributed by atoms with Gasteiger partial charge in [0.2, 0.25) is 5.91 Å². The molecular weight excluding hydrogens is 330 g/mol. The fraction of sp³-hybridized carbons (Fsp3) is 0.438. The number of amides is 1. The third-order valence-corrected chi connectivity index (χ3v) is 6.26. The third kappa shape index (κ3) is 3.06. The van der Waals surface area contributed by atoms with Crippen LogP contribution in [0.3, 0.4) is 0 Å². The number of hydrogen-bond acceptors (Lipinski definition) is 5. The molecular formula is C16H19N3O4S. The van der Waals surface area contributed by atoms with Crippen molar-refractivity contribution in [2.45, 2.75) is 25.9 Å². The molecule has 24 heavy (non-hydrogen) atoms. The molecule has 1 amide bonds. The zero-order chi connectivity index (χ0) is 17.5. The van der Waals surface area contributed by atoms with Gasteiger partial charge in [0.15, 0.2) is 9.84 Å². The molecule has 128 valence electrons. The van der Waals surface area contributed by atoms with Gasteiger partial charge in [0, 0.05) is 13.1 Å². The van der Waals surface area contributed by atoms with Crippen molar-refractivity contribution in [1.82, 2.24) is 14.5 Å². The molecule has 0 spiro atoms. The molecule has 0 radical (unpaired) electrons. The first-order chi connectivity index (χ1) is 11.3. The van der Waals surface area contributed by atoms with E-state index in [0.29, 0.717) is 17.3 Å². The maximum atomic E-state index is 12.5. The number of nitrogens with zero attached hydrogens (tertiary/aromatic N) is 3. The van der Waals surface area contributed by atoms with Gasteiger partial charge >= 0.3 is 0 Å². The molecule has 1 aliphatic rings. The lowest BCUT2D eigenvalue weighted by atomic mass is 10.1. The molecule has 1 aromatic carbocycles. The number of hydrogen-bond donors (Lipinski definition) is 0. The minimum atomic E-state index is -3.06. The highest BCUT2D eigenvalue weighted by atomic mass is 32.2. The number of sulfone groups is 1. The molecule has 7 nitrogen and oxygen atoms in total. The molecule has 1 atom stereocenters. The zero-order valence-electron chi connectivity index (χ0n) is 13.6. The van der Waals surface area contributed by atoms with Crippen molar-refractivity contribution in [1.29, 1.82) is 0 Å². The second kappa shape index (κ2) is 6.01. The van der Waals surface area contributed by atoms with E-state index in [-0.39, 0.29) is 35.6 Å². The molecule has 0 aliphatic carbocycles. The molecule has 1 unspecified atom stereocenters. The predicted molar refractivity (Wildman–Crippen MR) is 90.6 cm³/mol. The summed E-state index contributed by atoms with van der Waals surface area (Å²) in [6.07, 6.45) is 1.81. The number of para-hydroxylation sites is 1. The number of rotatable bonds is 3. The van der Waals surface area contributed by atoms with Gasteiger partial charge in [-0.05, 0) is 25.0 Å². The molecule has 1 saturated heterocycles. The monoisotopic (exact) mass is 349 g/mol. The predicted octanol–water partition coefficient (Wildman–Crippen LogP) is 0.350.